The summed E-state index contributed by atoms with van der Waals surface area (Å²) in [7, 11) is 0. The van der Waals surface area contributed by atoms with Crippen molar-refractivity contribution in [2.75, 3.05) is 18.9 Å². The second-order valence-corrected chi connectivity index (χ2v) is 6.25. The van der Waals surface area contributed by atoms with Gasteiger partial charge in [0.2, 0.25) is 0 Å². The van der Waals surface area contributed by atoms with Crippen molar-refractivity contribution < 1.29 is 29.2 Å². The number of carbonyl (C=O) groups is 1. The maximum absolute atomic E-state index is 11.6. The summed E-state index contributed by atoms with van der Waals surface area (Å²) in [5, 5.41) is 20.5. The van der Waals surface area contributed by atoms with E-state index in [-0.39, 0.29) is 19.0 Å². The quantitative estimate of drug-likeness (QED) is 0.452. The van der Waals surface area contributed by atoms with Crippen molar-refractivity contribution in [2.45, 2.75) is 50.7 Å². The fourth-order valence-corrected chi connectivity index (χ4v) is 2.85. The molecular formula is C16H23N5O6. The number of aliphatic hydroxyl groups excluding tert-OH is 2. The fraction of sp³-hybridized carbons (Fsp3) is 0.625. The maximum atomic E-state index is 11.6. The van der Waals surface area contributed by atoms with E-state index in [1.807, 2.05) is 6.92 Å². The topological polar surface area (TPSA) is 155 Å². The van der Waals surface area contributed by atoms with E-state index >= 15 is 0 Å². The number of aromatic nitrogens is 4. The predicted octanol–water partition coefficient (Wildman–Crippen LogP) is 0.371. The first-order chi connectivity index (χ1) is 13.0. The van der Waals surface area contributed by atoms with Crippen molar-refractivity contribution in [1.82, 2.24) is 19.5 Å². The van der Waals surface area contributed by atoms with Gasteiger partial charge in [-0.05, 0) is 6.42 Å². The van der Waals surface area contributed by atoms with Crippen molar-refractivity contribution in [3.63, 3.8) is 0 Å². The molecule has 1 aliphatic rings. The second kappa shape index (κ2) is 8.46. The van der Waals surface area contributed by atoms with E-state index in [1.54, 1.807) is 0 Å². The molecule has 0 radical (unpaired) electrons. The normalized spacial score (nSPS) is 25.0. The van der Waals surface area contributed by atoms with Gasteiger partial charge in [-0.1, -0.05) is 19.8 Å². The number of nitrogen functional groups attached to an aromatic ring is 1. The van der Waals surface area contributed by atoms with Crippen LogP contribution in [0.1, 0.15) is 32.4 Å². The third kappa shape index (κ3) is 4.10. The number of hydrogen-bond donors (Lipinski definition) is 3. The highest BCUT2D eigenvalue weighted by molar-refractivity contribution is 5.81. The van der Waals surface area contributed by atoms with E-state index in [4.69, 9.17) is 19.9 Å². The summed E-state index contributed by atoms with van der Waals surface area (Å²) in [4.78, 5) is 23.6. The number of nitrogens with two attached hydrogens (primary N) is 1. The van der Waals surface area contributed by atoms with Crippen molar-refractivity contribution >= 4 is 23.1 Å². The van der Waals surface area contributed by atoms with Crippen molar-refractivity contribution in [3.05, 3.63) is 12.7 Å². The second-order valence-electron chi connectivity index (χ2n) is 6.25. The Morgan fingerprint density at radius 1 is 1.26 bits per heavy atom. The number of aliphatic hydroxyl groups is 2. The Bertz CT molecular complexity index is 784. The SMILES string of the molecule is CCCCCOC(=O)OC[C@H]1O[C@@H](n2cnc3c(N)ncnc32)[C@H](O)[C@@H]1O. The van der Waals surface area contributed by atoms with Crippen molar-refractivity contribution in [3.8, 4) is 0 Å². The Morgan fingerprint density at radius 3 is 2.85 bits per heavy atom. The van der Waals surface area contributed by atoms with Gasteiger partial charge in [0.05, 0.1) is 12.9 Å². The number of fused-ring (bicyclic) bond motifs is 1. The molecule has 0 aliphatic carbocycles. The van der Waals surface area contributed by atoms with Crippen LogP contribution in [0.5, 0.6) is 0 Å². The highest BCUT2D eigenvalue weighted by Gasteiger charge is 2.45. The van der Waals surface area contributed by atoms with Crippen LogP contribution in [0.3, 0.4) is 0 Å². The number of unbranched alkanes of at least 4 members (excludes halogenated alkanes) is 2. The minimum Gasteiger partial charge on any atom is -0.434 e. The third-order valence-electron chi connectivity index (χ3n) is 4.33. The van der Waals surface area contributed by atoms with Crippen LogP contribution in [0.4, 0.5) is 10.6 Å². The lowest BCUT2D eigenvalue weighted by Gasteiger charge is -2.16. The molecule has 1 aliphatic heterocycles. The standard InChI is InChI=1S/C16H23N5O6/c1-2-3-4-5-25-16(24)26-6-9-11(22)12(23)15(27-9)21-8-20-10-13(17)18-7-19-14(10)21/h7-9,11-12,15,22-23H,2-6H2,1H3,(H2,17,18,19)/t9-,11-,12-,15-/m1/s1. The molecule has 0 bridgehead atoms. The Kier molecular flexibility index (Phi) is 6.04. The van der Waals surface area contributed by atoms with E-state index < -0.39 is 30.7 Å². The molecule has 11 heteroatoms. The molecule has 3 rings (SSSR count). The third-order valence-corrected chi connectivity index (χ3v) is 4.33. The Balaban J connectivity index is 1.60. The zero-order chi connectivity index (χ0) is 19.4. The highest BCUT2D eigenvalue weighted by Crippen LogP contribution is 2.32. The number of rotatable bonds is 7. The van der Waals surface area contributed by atoms with E-state index in [2.05, 4.69) is 15.0 Å². The Hall–Kier alpha value is -2.50. The van der Waals surface area contributed by atoms with Gasteiger partial charge in [-0.25, -0.2) is 19.7 Å². The maximum Gasteiger partial charge on any atom is 0.508 e. The van der Waals surface area contributed by atoms with Crippen molar-refractivity contribution in [2.24, 2.45) is 0 Å². The van der Waals surface area contributed by atoms with Gasteiger partial charge in [0.25, 0.3) is 0 Å². The van der Waals surface area contributed by atoms with Crippen LogP contribution >= 0.6 is 0 Å². The van der Waals surface area contributed by atoms with Gasteiger partial charge in [-0.2, -0.15) is 0 Å². The summed E-state index contributed by atoms with van der Waals surface area (Å²) in [5.41, 5.74) is 6.46. The number of hydrogen-bond acceptors (Lipinski definition) is 10. The van der Waals surface area contributed by atoms with E-state index in [1.165, 1.54) is 17.2 Å². The van der Waals surface area contributed by atoms with Gasteiger partial charge >= 0.3 is 6.16 Å². The smallest absolute Gasteiger partial charge is 0.434 e. The molecule has 3 heterocycles. The Morgan fingerprint density at radius 2 is 2.07 bits per heavy atom. The monoisotopic (exact) mass is 381 g/mol. The van der Waals surface area contributed by atoms with Gasteiger partial charge in [0.15, 0.2) is 17.7 Å². The Labute approximate surface area is 155 Å². The molecule has 148 valence electrons. The van der Waals surface area contributed by atoms with Gasteiger partial charge in [0.1, 0.15) is 36.8 Å². The van der Waals surface area contributed by atoms with Crippen LogP contribution in [-0.4, -0.2) is 67.4 Å². The average Bonchev–Trinajstić information content (AvgIpc) is 3.20. The molecule has 0 aromatic carbocycles. The first kappa shape index (κ1) is 19.3. The van der Waals surface area contributed by atoms with Crippen molar-refractivity contribution in [1.29, 1.82) is 0 Å². The number of ether oxygens (including phenoxy) is 3. The minimum atomic E-state index is -1.27. The average molecular weight is 381 g/mol. The van der Waals surface area contributed by atoms with Gasteiger partial charge in [0, 0.05) is 0 Å². The fourth-order valence-electron chi connectivity index (χ4n) is 2.85. The number of carbonyl (C=O) groups excluding carboxylic acids is 1. The van der Waals surface area contributed by atoms with Gasteiger partial charge in [-0.3, -0.25) is 4.57 Å². The van der Waals surface area contributed by atoms with E-state index in [0.717, 1.165) is 19.3 Å². The molecule has 0 amide bonds. The molecule has 0 unspecified atom stereocenters. The molecule has 4 atom stereocenters. The van der Waals surface area contributed by atoms with Crippen LogP contribution < -0.4 is 5.73 Å². The number of nitrogens with zero attached hydrogens (tertiary/aromatic N) is 4. The molecule has 0 saturated carbocycles. The summed E-state index contributed by atoms with van der Waals surface area (Å²) in [6.07, 6.45) is 0.120. The molecule has 11 nitrogen and oxygen atoms in total. The zero-order valence-electron chi connectivity index (χ0n) is 14.9. The summed E-state index contributed by atoms with van der Waals surface area (Å²) >= 11 is 0. The highest BCUT2D eigenvalue weighted by atomic mass is 16.7. The van der Waals surface area contributed by atoms with E-state index in [0.29, 0.717) is 11.2 Å². The molecule has 2 aromatic rings. The van der Waals surface area contributed by atoms with Crippen LogP contribution in [0.15, 0.2) is 12.7 Å². The lowest BCUT2D eigenvalue weighted by Crippen LogP contribution is -2.34. The number of imidazole rings is 1. The largest absolute Gasteiger partial charge is 0.508 e. The van der Waals surface area contributed by atoms with Crippen LogP contribution in [0, 0.1) is 0 Å². The van der Waals surface area contributed by atoms with E-state index in [9.17, 15) is 15.0 Å². The van der Waals surface area contributed by atoms with Crippen LogP contribution in [0.2, 0.25) is 0 Å². The summed E-state index contributed by atoms with van der Waals surface area (Å²) in [5.74, 6) is 0.192. The predicted molar refractivity (Wildman–Crippen MR) is 92.5 cm³/mol. The van der Waals surface area contributed by atoms with Crippen LogP contribution in [-0.2, 0) is 14.2 Å². The lowest BCUT2D eigenvalue weighted by molar-refractivity contribution is -0.0612. The molecule has 4 N–H and O–H groups in total. The minimum absolute atomic E-state index is 0.192. The molecular weight excluding hydrogens is 358 g/mol. The summed E-state index contributed by atoms with van der Waals surface area (Å²) in [6.45, 7) is 2.06. The number of anilines is 1. The lowest BCUT2D eigenvalue weighted by atomic mass is 10.1. The molecule has 1 fully saturated rings. The summed E-state index contributed by atoms with van der Waals surface area (Å²) in [6, 6.07) is 0. The van der Waals surface area contributed by atoms with Gasteiger partial charge < -0.3 is 30.2 Å². The van der Waals surface area contributed by atoms with Crippen LogP contribution in [0.25, 0.3) is 11.2 Å². The van der Waals surface area contributed by atoms with Gasteiger partial charge in [-0.15, -0.1) is 0 Å². The molecule has 1 saturated heterocycles. The molecule has 0 spiro atoms. The molecule has 2 aromatic heterocycles. The first-order valence-corrected chi connectivity index (χ1v) is 8.77. The summed E-state index contributed by atoms with van der Waals surface area (Å²) < 4.78 is 17.0. The zero-order valence-corrected chi connectivity index (χ0v) is 14.9. The first-order valence-electron chi connectivity index (χ1n) is 8.77. The molecule has 27 heavy (non-hydrogen) atoms.